The summed E-state index contributed by atoms with van der Waals surface area (Å²) in [5.41, 5.74) is 3.54. The van der Waals surface area contributed by atoms with Crippen LogP contribution in [0.1, 0.15) is 12.1 Å². The molecule has 1 fully saturated rings. The normalized spacial score (nSPS) is 17.1. The number of anilines is 1. The Morgan fingerprint density at radius 1 is 1.12 bits per heavy atom. The highest BCUT2D eigenvalue weighted by Gasteiger charge is 2.26. The molecule has 0 aliphatic carbocycles. The first-order valence-electron chi connectivity index (χ1n) is 10.6. The lowest BCUT2D eigenvalue weighted by molar-refractivity contribution is 0.585. The molecule has 0 saturated carbocycles. The maximum atomic E-state index is 14.4. The monoisotopic (exact) mass is 433 g/mol. The first kappa shape index (κ1) is 19.1. The van der Waals surface area contributed by atoms with Gasteiger partial charge >= 0.3 is 0 Å². The van der Waals surface area contributed by atoms with E-state index in [1.54, 1.807) is 4.68 Å². The van der Waals surface area contributed by atoms with Crippen molar-refractivity contribution < 1.29 is 8.78 Å². The Morgan fingerprint density at radius 2 is 2.03 bits per heavy atom. The summed E-state index contributed by atoms with van der Waals surface area (Å²) in [7, 11) is 1.99. The van der Waals surface area contributed by atoms with E-state index in [9.17, 15) is 8.78 Å². The molecule has 1 saturated heterocycles. The molecule has 0 radical (unpaired) electrons. The molecule has 1 N–H and O–H groups in total. The van der Waals surface area contributed by atoms with Gasteiger partial charge in [-0.2, -0.15) is 5.10 Å². The molecule has 162 valence electrons. The average molecular weight is 433 g/mol. The number of benzene rings is 1. The van der Waals surface area contributed by atoms with Gasteiger partial charge in [-0.25, -0.2) is 23.4 Å². The van der Waals surface area contributed by atoms with Crippen LogP contribution in [0.4, 0.5) is 14.6 Å². The molecule has 0 amide bonds. The van der Waals surface area contributed by atoms with Crippen LogP contribution in [0, 0.1) is 11.6 Å². The van der Waals surface area contributed by atoms with Gasteiger partial charge in [-0.3, -0.25) is 0 Å². The Balaban J connectivity index is 1.44. The predicted octanol–water partition coefficient (Wildman–Crippen LogP) is 3.24. The fourth-order valence-corrected chi connectivity index (χ4v) is 4.63. The number of halogens is 2. The number of aromatic nitrogens is 5. The summed E-state index contributed by atoms with van der Waals surface area (Å²) in [6.45, 7) is 2.36. The van der Waals surface area contributed by atoms with Gasteiger partial charge in [0.1, 0.15) is 23.8 Å². The van der Waals surface area contributed by atoms with Crippen LogP contribution in [0.5, 0.6) is 0 Å². The quantitative estimate of drug-likeness (QED) is 0.473. The molecule has 7 nitrogen and oxygen atoms in total. The number of hydrogen-bond acceptors (Lipinski definition) is 5. The first-order chi connectivity index (χ1) is 15.6. The topological polar surface area (TPSA) is 63.8 Å². The lowest BCUT2D eigenvalue weighted by Crippen LogP contribution is -2.30. The number of nitrogens with zero attached hydrogens (tertiary/aromatic N) is 6. The minimum absolute atomic E-state index is 0.343. The van der Waals surface area contributed by atoms with Gasteiger partial charge in [0, 0.05) is 42.5 Å². The number of fused-ring (bicyclic) bond motifs is 5. The third-order valence-electron chi connectivity index (χ3n) is 6.32. The first-order valence-corrected chi connectivity index (χ1v) is 10.6. The lowest BCUT2D eigenvalue weighted by atomic mass is 10.1. The van der Waals surface area contributed by atoms with Crippen LogP contribution < -0.4 is 10.2 Å². The Bertz CT molecular complexity index is 1330. The number of pyridine rings is 1. The van der Waals surface area contributed by atoms with Crippen molar-refractivity contribution in [2.75, 3.05) is 25.0 Å². The van der Waals surface area contributed by atoms with E-state index >= 15 is 0 Å². The molecular formula is C23H21F2N7. The minimum Gasteiger partial charge on any atom is -0.355 e. The van der Waals surface area contributed by atoms with Crippen LogP contribution in [0.3, 0.4) is 0 Å². The SMILES string of the molecule is CN[C@H]1CCN(c2ccc3c(n2)Cn2cc(-c4ccc(F)cc4F)cc2-c2ncnn2-3)C1. The zero-order valence-corrected chi connectivity index (χ0v) is 17.5. The Morgan fingerprint density at radius 3 is 2.84 bits per heavy atom. The highest BCUT2D eigenvalue weighted by molar-refractivity contribution is 5.71. The van der Waals surface area contributed by atoms with Crippen molar-refractivity contribution in [2.24, 2.45) is 0 Å². The summed E-state index contributed by atoms with van der Waals surface area (Å²) in [4.78, 5) is 11.7. The van der Waals surface area contributed by atoms with Crippen molar-refractivity contribution in [2.45, 2.75) is 19.0 Å². The van der Waals surface area contributed by atoms with Gasteiger partial charge < -0.3 is 14.8 Å². The van der Waals surface area contributed by atoms with Gasteiger partial charge in [-0.15, -0.1) is 0 Å². The lowest BCUT2D eigenvalue weighted by Gasteiger charge is -2.19. The molecule has 9 heteroatoms. The van der Waals surface area contributed by atoms with Gasteiger partial charge in [0.2, 0.25) is 0 Å². The molecule has 2 aliphatic heterocycles. The van der Waals surface area contributed by atoms with Crippen LogP contribution in [-0.4, -0.2) is 50.5 Å². The minimum atomic E-state index is -0.597. The van der Waals surface area contributed by atoms with Gasteiger partial charge in [0.05, 0.1) is 23.6 Å². The number of hydrogen-bond donors (Lipinski definition) is 1. The largest absolute Gasteiger partial charge is 0.355 e. The Labute approximate surface area is 183 Å². The van der Waals surface area contributed by atoms with E-state index in [2.05, 4.69) is 20.3 Å². The molecule has 1 atom stereocenters. The van der Waals surface area contributed by atoms with E-state index in [4.69, 9.17) is 4.98 Å². The maximum Gasteiger partial charge on any atom is 0.179 e. The molecular weight excluding hydrogens is 412 g/mol. The molecule has 0 bridgehead atoms. The van der Waals surface area contributed by atoms with Crippen molar-refractivity contribution in [1.29, 1.82) is 0 Å². The van der Waals surface area contributed by atoms with Crippen molar-refractivity contribution in [3.63, 3.8) is 0 Å². The predicted molar refractivity (Wildman–Crippen MR) is 117 cm³/mol. The molecule has 4 aromatic rings. The van der Waals surface area contributed by atoms with Crippen LogP contribution >= 0.6 is 0 Å². The van der Waals surface area contributed by atoms with Gasteiger partial charge in [-0.1, -0.05) is 0 Å². The van der Waals surface area contributed by atoms with E-state index in [-0.39, 0.29) is 0 Å². The summed E-state index contributed by atoms with van der Waals surface area (Å²) >= 11 is 0. The molecule has 3 aromatic heterocycles. The van der Waals surface area contributed by atoms with Crippen LogP contribution in [0.25, 0.3) is 28.3 Å². The summed E-state index contributed by atoms with van der Waals surface area (Å²) < 4.78 is 31.6. The molecule has 5 heterocycles. The van der Waals surface area contributed by atoms with Crippen molar-refractivity contribution in [3.8, 4) is 28.3 Å². The van der Waals surface area contributed by atoms with E-state index in [1.807, 2.05) is 36.0 Å². The molecule has 1 aromatic carbocycles. The van der Waals surface area contributed by atoms with Crippen molar-refractivity contribution in [1.82, 2.24) is 29.6 Å². The molecule has 6 rings (SSSR count). The maximum absolute atomic E-state index is 14.4. The van der Waals surface area contributed by atoms with Crippen LogP contribution in [-0.2, 0) is 6.54 Å². The molecule has 0 unspecified atom stereocenters. The summed E-state index contributed by atoms with van der Waals surface area (Å²) in [5.74, 6) is 0.396. The van der Waals surface area contributed by atoms with E-state index in [0.29, 0.717) is 29.5 Å². The molecule has 32 heavy (non-hydrogen) atoms. The van der Waals surface area contributed by atoms with Gasteiger partial charge in [-0.05, 0) is 43.8 Å². The second-order valence-electron chi connectivity index (χ2n) is 8.22. The van der Waals surface area contributed by atoms with E-state index in [1.165, 1.54) is 18.5 Å². The molecule has 0 spiro atoms. The third kappa shape index (κ3) is 3.00. The third-order valence-corrected chi connectivity index (χ3v) is 6.32. The summed E-state index contributed by atoms with van der Waals surface area (Å²) in [5, 5.41) is 7.76. The second kappa shape index (κ2) is 7.23. The Kier molecular flexibility index (Phi) is 4.32. The van der Waals surface area contributed by atoms with Crippen LogP contribution in [0.2, 0.25) is 0 Å². The zero-order valence-electron chi connectivity index (χ0n) is 17.5. The highest BCUT2D eigenvalue weighted by Crippen LogP contribution is 2.34. The van der Waals surface area contributed by atoms with E-state index < -0.39 is 11.6 Å². The summed E-state index contributed by atoms with van der Waals surface area (Å²) in [6, 6.07) is 10.0. The van der Waals surface area contributed by atoms with Crippen LogP contribution in [0.15, 0.2) is 48.9 Å². The van der Waals surface area contributed by atoms with Crippen molar-refractivity contribution >= 4 is 5.82 Å². The molecule has 2 aliphatic rings. The number of nitrogens with one attached hydrogen (secondary N) is 1. The number of likely N-dealkylation sites (N-methyl/N-ethyl adjacent to an activating group) is 1. The van der Waals surface area contributed by atoms with E-state index in [0.717, 1.165) is 48.5 Å². The fourth-order valence-electron chi connectivity index (χ4n) is 4.63. The summed E-state index contributed by atoms with van der Waals surface area (Å²) in [6.07, 6.45) is 4.45. The van der Waals surface area contributed by atoms with Crippen molar-refractivity contribution in [3.05, 3.63) is 66.3 Å². The highest BCUT2D eigenvalue weighted by atomic mass is 19.1. The number of rotatable bonds is 3. The second-order valence-corrected chi connectivity index (χ2v) is 8.22. The zero-order chi connectivity index (χ0) is 21.8. The average Bonchev–Trinajstić information content (AvgIpc) is 3.52. The standard InChI is InChI=1S/C23H21F2N7/c1-26-16-6-7-30(11-16)22-5-4-20-19(29-22)12-31-10-14(17-3-2-15(24)9-18(17)25)8-21(31)23-27-13-28-32(20)23/h2-5,8-10,13,16,26H,6-7,11-12H2,1H3/t16-/m0/s1. The fraction of sp³-hybridized carbons (Fsp3) is 0.261. The van der Waals surface area contributed by atoms with Gasteiger partial charge in [0.25, 0.3) is 0 Å². The Hall–Kier alpha value is -3.59. The van der Waals surface area contributed by atoms with Gasteiger partial charge in [0.15, 0.2) is 5.82 Å². The smallest absolute Gasteiger partial charge is 0.179 e.